The molecule has 0 amide bonds. The third kappa shape index (κ3) is 2.78. The van der Waals surface area contributed by atoms with E-state index in [0.29, 0.717) is 17.0 Å². The zero-order chi connectivity index (χ0) is 13.9. The smallest absolute Gasteiger partial charge is 0.216 e. The molecule has 0 radical (unpaired) electrons. The Morgan fingerprint density at radius 1 is 1.50 bits per heavy atom. The number of thiophene rings is 1. The number of hydrogen-bond acceptors (Lipinski definition) is 5. The van der Waals surface area contributed by atoms with Gasteiger partial charge in [-0.3, -0.25) is 5.10 Å². The van der Waals surface area contributed by atoms with E-state index in [0.717, 1.165) is 11.6 Å². The van der Waals surface area contributed by atoms with Crippen molar-refractivity contribution in [2.45, 2.75) is 13.3 Å². The third-order valence-corrected chi connectivity index (χ3v) is 3.83. The zero-order valence-electron chi connectivity index (χ0n) is 10.7. The van der Waals surface area contributed by atoms with Crippen molar-refractivity contribution in [2.24, 2.45) is 5.10 Å². The molecule has 0 saturated carbocycles. The average molecular weight is 304 g/mol. The lowest BCUT2D eigenvalue weighted by Gasteiger charge is -1.98. The highest BCUT2D eigenvalue weighted by Crippen LogP contribution is 2.13. The van der Waals surface area contributed by atoms with E-state index in [-0.39, 0.29) is 0 Å². The van der Waals surface area contributed by atoms with E-state index in [2.05, 4.69) is 21.4 Å². The summed E-state index contributed by atoms with van der Waals surface area (Å²) in [7, 11) is 0. The molecule has 5 nitrogen and oxygen atoms in total. The van der Waals surface area contributed by atoms with Crippen LogP contribution in [0, 0.1) is 11.7 Å². The third-order valence-electron chi connectivity index (χ3n) is 2.69. The minimum Gasteiger partial charge on any atom is -0.460 e. The molecule has 102 valence electrons. The normalized spacial score (nSPS) is 11.4. The summed E-state index contributed by atoms with van der Waals surface area (Å²) in [5.74, 6) is 2.31. The predicted octanol–water partition coefficient (Wildman–Crippen LogP) is 3.38. The Labute approximate surface area is 124 Å². The van der Waals surface area contributed by atoms with Crippen molar-refractivity contribution in [2.75, 3.05) is 0 Å². The maximum atomic E-state index is 5.44. The van der Waals surface area contributed by atoms with Crippen LogP contribution in [0.2, 0.25) is 0 Å². The molecule has 0 aliphatic heterocycles. The van der Waals surface area contributed by atoms with Crippen molar-refractivity contribution in [3.8, 4) is 0 Å². The van der Waals surface area contributed by atoms with Crippen LogP contribution in [-0.2, 0) is 6.42 Å². The molecule has 0 atom stereocenters. The van der Waals surface area contributed by atoms with E-state index < -0.39 is 0 Å². The van der Waals surface area contributed by atoms with Crippen LogP contribution in [0.4, 0.5) is 0 Å². The maximum Gasteiger partial charge on any atom is 0.216 e. The van der Waals surface area contributed by atoms with Crippen LogP contribution in [-0.4, -0.2) is 21.1 Å². The van der Waals surface area contributed by atoms with Crippen molar-refractivity contribution in [1.82, 2.24) is 14.9 Å². The molecule has 1 N–H and O–H groups in total. The van der Waals surface area contributed by atoms with Gasteiger partial charge in [0.25, 0.3) is 0 Å². The van der Waals surface area contributed by atoms with Crippen LogP contribution in [0.3, 0.4) is 0 Å². The number of nitrogens with one attached hydrogen (secondary N) is 1. The lowest BCUT2D eigenvalue weighted by molar-refractivity contribution is 0.527. The number of aromatic nitrogens is 3. The van der Waals surface area contributed by atoms with Gasteiger partial charge in [0.2, 0.25) is 4.77 Å². The number of H-pyrrole nitrogens is 1. The van der Waals surface area contributed by atoms with Gasteiger partial charge in [-0.25, -0.2) is 0 Å². The Bertz CT molecular complexity index is 780. The van der Waals surface area contributed by atoms with E-state index in [1.807, 2.05) is 30.5 Å². The van der Waals surface area contributed by atoms with Gasteiger partial charge < -0.3 is 4.42 Å². The van der Waals surface area contributed by atoms with E-state index in [1.54, 1.807) is 22.2 Å². The summed E-state index contributed by atoms with van der Waals surface area (Å²) >= 11 is 6.87. The fourth-order valence-electron chi connectivity index (χ4n) is 1.76. The van der Waals surface area contributed by atoms with Crippen molar-refractivity contribution in [3.05, 3.63) is 56.6 Å². The molecule has 0 aromatic carbocycles. The van der Waals surface area contributed by atoms with Crippen LogP contribution in [0.1, 0.15) is 22.2 Å². The second kappa shape index (κ2) is 5.56. The highest BCUT2D eigenvalue weighted by Gasteiger charge is 2.07. The van der Waals surface area contributed by atoms with Crippen LogP contribution in [0.5, 0.6) is 0 Å². The molecule has 0 bridgehead atoms. The quantitative estimate of drug-likeness (QED) is 0.594. The Morgan fingerprint density at radius 2 is 2.40 bits per heavy atom. The summed E-state index contributed by atoms with van der Waals surface area (Å²) in [6.07, 6.45) is 2.33. The lowest BCUT2D eigenvalue weighted by atomic mass is 10.3. The first-order chi connectivity index (χ1) is 9.72. The van der Waals surface area contributed by atoms with Gasteiger partial charge in [0.1, 0.15) is 11.5 Å². The molecule has 0 aliphatic carbocycles. The average Bonchev–Trinajstić information content (AvgIpc) is 3.13. The minimum atomic E-state index is 0.469. The summed E-state index contributed by atoms with van der Waals surface area (Å²) < 4.78 is 7.53. The Morgan fingerprint density at radius 3 is 3.10 bits per heavy atom. The van der Waals surface area contributed by atoms with E-state index >= 15 is 0 Å². The second-order valence-electron chi connectivity index (χ2n) is 4.21. The SMILES string of the molecule is Cc1ccc(/C=N\n2c(Cc3cccs3)n[nH]c2=S)o1. The standard InChI is InChI=1S/C13H12N4OS2/c1-9-4-5-10(18-9)8-14-17-12(15-16-13(17)19)7-11-3-2-6-20-11/h2-6,8H,7H2,1H3,(H,16,19)/b14-8-. The second-order valence-corrected chi connectivity index (χ2v) is 5.62. The molecular formula is C13H12N4OS2. The van der Waals surface area contributed by atoms with Crippen molar-refractivity contribution < 1.29 is 4.42 Å². The van der Waals surface area contributed by atoms with E-state index in [1.165, 1.54) is 4.88 Å². The van der Waals surface area contributed by atoms with E-state index in [9.17, 15) is 0 Å². The number of aryl methyl sites for hydroxylation is 1. The highest BCUT2D eigenvalue weighted by molar-refractivity contribution is 7.71. The molecule has 3 rings (SSSR count). The van der Waals surface area contributed by atoms with Gasteiger partial charge in [0, 0.05) is 11.3 Å². The van der Waals surface area contributed by atoms with Crippen LogP contribution in [0.15, 0.2) is 39.2 Å². The number of nitrogens with zero attached hydrogens (tertiary/aromatic N) is 3. The molecule has 0 unspecified atom stereocenters. The summed E-state index contributed by atoms with van der Waals surface area (Å²) in [4.78, 5) is 1.21. The van der Waals surface area contributed by atoms with Gasteiger partial charge in [0.15, 0.2) is 5.82 Å². The first kappa shape index (κ1) is 13.0. The molecule has 0 aliphatic rings. The summed E-state index contributed by atoms with van der Waals surface area (Å²) in [5.41, 5.74) is 0. The first-order valence-corrected chi connectivity index (χ1v) is 7.30. The molecule has 0 spiro atoms. The van der Waals surface area contributed by atoms with E-state index in [4.69, 9.17) is 16.6 Å². The van der Waals surface area contributed by atoms with Gasteiger partial charge in [-0.05, 0) is 42.7 Å². The summed E-state index contributed by atoms with van der Waals surface area (Å²) in [6, 6.07) is 7.83. The number of furan rings is 1. The van der Waals surface area contributed by atoms with Crippen LogP contribution >= 0.6 is 23.6 Å². The largest absolute Gasteiger partial charge is 0.460 e. The van der Waals surface area contributed by atoms with Crippen molar-refractivity contribution in [1.29, 1.82) is 0 Å². The Balaban J connectivity index is 1.87. The number of rotatable bonds is 4. The molecule has 0 saturated heterocycles. The molecule has 0 fully saturated rings. The zero-order valence-corrected chi connectivity index (χ0v) is 12.4. The van der Waals surface area contributed by atoms with Crippen molar-refractivity contribution >= 4 is 29.8 Å². The fourth-order valence-corrected chi connectivity index (χ4v) is 2.66. The first-order valence-electron chi connectivity index (χ1n) is 6.02. The lowest BCUT2D eigenvalue weighted by Crippen LogP contribution is -1.99. The summed E-state index contributed by atoms with van der Waals surface area (Å²) in [5, 5.41) is 13.4. The molecular weight excluding hydrogens is 292 g/mol. The Hall–Kier alpha value is -1.99. The molecule has 7 heteroatoms. The van der Waals surface area contributed by atoms with Gasteiger partial charge in [-0.15, -0.1) is 11.3 Å². The van der Waals surface area contributed by atoms with Crippen molar-refractivity contribution in [3.63, 3.8) is 0 Å². The number of aromatic amines is 1. The number of hydrogen-bond donors (Lipinski definition) is 1. The van der Waals surface area contributed by atoms with Gasteiger partial charge in [0.05, 0.1) is 6.21 Å². The monoisotopic (exact) mass is 304 g/mol. The van der Waals surface area contributed by atoms with Gasteiger partial charge in [-0.1, -0.05) is 6.07 Å². The molecule has 3 aromatic rings. The van der Waals surface area contributed by atoms with Crippen LogP contribution < -0.4 is 0 Å². The fraction of sp³-hybridized carbons (Fsp3) is 0.154. The molecule has 20 heavy (non-hydrogen) atoms. The maximum absolute atomic E-state index is 5.44. The minimum absolute atomic E-state index is 0.469. The summed E-state index contributed by atoms with van der Waals surface area (Å²) in [6.45, 7) is 1.89. The van der Waals surface area contributed by atoms with Gasteiger partial charge >= 0.3 is 0 Å². The molecule has 3 aromatic heterocycles. The molecule has 3 heterocycles. The Kier molecular flexibility index (Phi) is 3.62. The predicted molar refractivity (Wildman–Crippen MR) is 81.0 cm³/mol. The highest BCUT2D eigenvalue weighted by atomic mass is 32.1. The van der Waals surface area contributed by atoms with Crippen LogP contribution in [0.25, 0.3) is 0 Å². The topological polar surface area (TPSA) is 59.1 Å². The van der Waals surface area contributed by atoms with Gasteiger partial charge in [-0.2, -0.15) is 14.9 Å².